The summed E-state index contributed by atoms with van der Waals surface area (Å²) in [5.41, 5.74) is 0.686. The first-order valence-electron chi connectivity index (χ1n) is 5.82. The number of nitrogens with zero attached hydrogens (tertiary/aromatic N) is 2. The highest BCUT2D eigenvalue weighted by molar-refractivity contribution is 7.11. The molecule has 1 aliphatic rings. The largest absolute Gasteiger partial charge is 0.389 e. The lowest BCUT2D eigenvalue weighted by Gasteiger charge is -2.24. The molecule has 90 valence electrons. The van der Waals surface area contributed by atoms with E-state index in [0.29, 0.717) is 6.54 Å². The summed E-state index contributed by atoms with van der Waals surface area (Å²) < 4.78 is 0. The van der Waals surface area contributed by atoms with Crippen molar-refractivity contribution in [3.05, 3.63) is 15.6 Å². The number of likely N-dealkylation sites (N-methyl/N-ethyl adjacent to an activating group) is 1. The van der Waals surface area contributed by atoms with E-state index in [0.717, 1.165) is 13.0 Å². The summed E-state index contributed by atoms with van der Waals surface area (Å²) in [5.74, 6) is 0. The summed E-state index contributed by atoms with van der Waals surface area (Å²) in [7, 11) is 2.03. The second-order valence-electron chi connectivity index (χ2n) is 5.32. The number of aliphatic hydroxyl groups is 1. The van der Waals surface area contributed by atoms with E-state index in [1.54, 1.807) is 0 Å². The number of hydrogen-bond acceptors (Lipinski definition) is 4. The van der Waals surface area contributed by atoms with Gasteiger partial charge in [0.2, 0.25) is 0 Å². The molecular formula is C12H20N2OS. The lowest BCUT2D eigenvalue weighted by Crippen LogP contribution is -2.35. The molecule has 0 unspecified atom stereocenters. The normalized spacial score (nSPS) is 15.8. The third-order valence-electron chi connectivity index (χ3n) is 2.70. The Hall–Kier alpha value is -0.450. The van der Waals surface area contributed by atoms with Crippen molar-refractivity contribution >= 4 is 11.3 Å². The van der Waals surface area contributed by atoms with Crippen LogP contribution in [0.4, 0.5) is 0 Å². The molecule has 0 bridgehead atoms. The monoisotopic (exact) mass is 240 g/mol. The lowest BCUT2D eigenvalue weighted by atomic mass is 10.1. The Morgan fingerprint density at radius 1 is 1.44 bits per heavy atom. The van der Waals surface area contributed by atoms with Crippen molar-refractivity contribution in [3.63, 3.8) is 0 Å². The Balaban J connectivity index is 1.93. The van der Waals surface area contributed by atoms with Crippen molar-refractivity contribution in [2.45, 2.75) is 45.3 Å². The van der Waals surface area contributed by atoms with Gasteiger partial charge in [-0.25, -0.2) is 4.98 Å². The highest BCUT2D eigenvalue weighted by Gasteiger charge is 2.19. The van der Waals surface area contributed by atoms with Gasteiger partial charge in [0.15, 0.2) is 0 Å². The first-order chi connectivity index (χ1) is 7.44. The minimum atomic E-state index is -0.630. The SMILES string of the molecule is CN(Cc1nc2c(s1)CCC2)CC(C)(C)O. The zero-order valence-corrected chi connectivity index (χ0v) is 11.1. The van der Waals surface area contributed by atoms with E-state index in [4.69, 9.17) is 0 Å². The van der Waals surface area contributed by atoms with Gasteiger partial charge >= 0.3 is 0 Å². The molecule has 16 heavy (non-hydrogen) atoms. The van der Waals surface area contributed by atoms with E-state index in [2.05, 4.69) is 9.88 Å². The Bertz CT molecular complexity index is 346. The van der Waals surface area contributed by atoms with Gasteiger partial charge < -0.3 is 5.11 Å². The van der Waals surface area contributed by atoms with Crippen molar-refractivity contribution in [2.24, 2.45) is 0 Å². The van der Waals surface area contributed by atoms with Crippen molar-refractivity contribution < 1.29 is 5.11 Å². The minimum absolute atomic E-state index is 0.630. The molecule has 0 atom stereocenters. The van der Waals surface area contributed by atoms with Gasteiger partial charge in [-0.3, -0.25) is 4.90 Å². The van der Waals surface area contributed by atoms with Crippen molar-refractivity contribution in [2.75, 3.05) is 13.6 Å². The number of aromatic nitrogens is 1. The van der Waals surface area contributed by atoms with Crippen LogP contribution >= 0.6 is 11.3 Å². The molecule has 0 spiro atoms. The van der Waals surface area contributed by atoms with Crippen molar-refractivity contribution in [1.29, 1.82) is 0 Å². The number of hydrogen-bond donors (Lipinski definition) is 1. The van der Waals surface area contributed by atoms with Crippen LogP contribution in [0.1, 0.15) is 35.8 Å². The summed E-state index contributed by atoms with van der Waals surface area (Å²) in [5, 5.41) is 10.9. The van der Waals surface area contributed by atoms with Gasteiger partial charge in [0.25, 0.3) is 0 Å². The predicted octanol–water partition coefficient (Wildman–Crippen LogP) is 1.83. The molecule has 3 nitrogen and oxygen atoms in total. The second-order valence-corrected chi connectivity index (χ2v) is 6.48. The molecule has 4 heteroatoms. The summed E-state index contributed by atoms with van der Waals surface area (Å²) in [6, 6.07) is 0. The molecule has 0 fully saturated rings. The Kier molecular flexibility index (Phi) is 3.33. The summed E-state index contributed by atoms with van der Waals surface area (Å²) in [6.07, 6.45) is 3.64. The minimum Gasteiger partial charge on any atom is -0.389 e. The van der Waals surface area contributed by atoms with Gasteiger partial charge in [0.05, 0.1) is 17.8 Å². The van der Waals surface area contributed by atoms with Gasteiger partial charge in [-0.1, -0.05) is 0 Å². The van der Waals surface area contributed by atoms with Crippen LogP contribution in [-0.4, -0.2) is 34.2 Å². The third kappa shape index (κ3) is 3.03. The molecule has 0 saturated carbocycles. The molecule has 1 aliphatic carbocycles. The summed E-state index contributed by atoms with van der Waals surface area (Å²) >= 11 is 1.84. The summed E-state index contributed by atoms with van der Waals surface area (Å²) in [4.78, 5) is 8.27. The molecule has 0 aliphatic heterocycles. The molecular weight excluding hydrogens is 220 g/mol. The number of aryl methyl sites for hydroxylation is 2. The zero-order valence-electron chi connectivity index (χ0n) is 10.3. The molecule has 0 saturated heterocycles. The van der Waals surface area contributed by atoms with Gasteiger partial charge in [-0.15, -0.1) is 11.3 Å². The fourth-order valence-corrected chi connectivity index (χ4v) is 3.50. The molecule has 1 heterocycles. The highest BCUT2D eigenvalue weighted by Crippen LogP contribution is 2.28. The Labute approximate surface area is 101 Å². The van der Waals surface area contributed by atoms with Gasteiger partial charge in [-0.2, -0.15) is 0 Å². The van der Waals surface area contributed by atoms with Crippen LogP contribution in [0.25, 0.3) is 0 Å². The van der Waals surface area contributed by atoms with Crippen LogP contribution in [0.3, 0.4) is 0 Å². The number of rotatable bonds is 4. The quantitative estimate of drug-likeness (QED) is 0.872. The standard InChI is InChI=1S/C12H20N2OS/c1-12(2,15)8-14(3)7-11-13-9-5-4-6-10(9)16-11/h15H,4-8H2,1-3H3. The van der Waals surface area contributed by atoms with Crippen LogP contribution in [0.15, 0.2) is 0 Å². The van der Waals surface area contributed by atoms with Crippen LogP contribution in [0, 0.1) is 0 Å². The topological polar surface area (TPSA) is 36.4 Å². The second kappa shape index (κ2) is 4.43. The molecule has 0 radical (unpaired) electrons. The number of fused-ring (bicyclic) bond motifs is 1. The van der Waals surface area contributed by atoms with Crippen LogP contribution in [-0.2, 0) is 19.4 Å². The van der Waals surface area contributed by atoms with E-state index < -0.39 is 5.60 Å². The van der Waals surface area contributed by atoms with Crippen LogP contribution in [0.2, 0.25) is 0 Å². The fraction of sp³-hybridized carbons (Fsp3) is 0.750. The fourth-order valence-electron chi connectivity index (χ4n) is 2.26. The van der Waals surface area contributed by atoms with Crippen molar-refractivity contribution in [3.8, 4) is 0 Å². The van der Waals surface area contributed by atoms with E-state index in [-0.39, 0.29) is 0 Å². The molecule has 1 aromatic heterocycles. The maximum Gasteiger partial charge on any atom is 0.107 e. The smallest absolute Gasteiger partial charge is 0.107 e. The average Bonchev–Trinajstić information content (AvgIpc) is 2.58. The molecule has 1 aromatic rings. The first kappa shape index (κ1) is 12.0. The predicted molar refractivity (Wildman–Crippen MR) is 66.8 cm³/mol. The van der Waals surface area contributed by atoms with Crippen LogP contribution in [0.5, 0.6) is 0 Å². The van der Waals surface area contributed by atoms with Crippen LogP contribution < -0.4 is 0 Å². The Morgan fingerprint density at radius 3 is 2.81 bits per heavy atom. The number of thiazole rings is 1. The lowest BCUT2D eigenvalue weighted by molar-refractivity contribution is 0.0424. The van der Waals surface area contributed by atoms with Gasteiger partial charge in [0.1, 0.15) is 5.01 Å². The molecule has 0 amide bonds. The third-order valence-corrected chi connectivity index (χ3v) is 3.84. The maximum absolute atomic E-state index is 9.72. The first-order valence-corrected chi connectivity index (χ1v) is 6.64. The van der Waals surface area contributed by atoms with E-state index >= 15 is 0 Å². The highest BCUT2D eigenvalue weighted by atomic mass is 32.1. The maximum atomic E-state index is 9.72. The van der Waals surface area contributed by atoms with Crippen molar-refractivity contribution in [1.82, 2.24) is 9.88 Å². The molecule has 2 rings (SSSR count). The van der Waals surface area contributed by atoms with E-state index in [1.165, 1.54) is 28.4 Å². The molecule has 0 aromatic carbocycles. The molecule has 1 N–H and O–H groups in total. The van der Waals surface area contributed by atoms with Gasteiger partial charge in [-0.05, 0) is 40.2 Å². The summed E-state index contributed by atoms with van der Waals surface area (Å²) in [6.45, 7) is 5.20. The van der Waals surface area contributed by atoms with E-state index in [1.807, 2.05) is 32.2 Å². The van der Waals surface area contributed by atoms with Gasteiger partial charge in [0, 0.05) is 11.4 Å². The average molecular weight is 240 g/mol. The zero-order chi connectivity index (χ0) is 11.8. The Morgan fingerprint density at radius 2 is 2.19 bits per heavy atom. The van der Waals surface area contributed by atoms with E-state index in [9.17, 15) is 5.11 Å².